The van der Waals surface area contributed by atoms with E-state index in [2.05, 4.69) is 0 Å². The number of ether oxygens (including phenoxy) is 2. The zero-order chi connectivity index (χ0) is 14.7. The molecule has 2 aliphatic rings. The number of fused-ring (bicyclic) bond motifs is 1. The Bertz CT molecular complexity index is 468. The molecule has 4 nitrogen and oxygen atoms in total. The Hall–Kier alpha value is -1.26. The summed E-state index contributed by atoms with van der Waals surface area (Å²) in [6, 6.07) is 5.45. The van der Waals surface area contributed by atoms with E-state index in [1.165, 1.54) is 6.42 Å². The van der Waals surface area contributed by atoms with Crippen LogP contribution in [-0.2, 0) is 0 Å². The summed E-state index contributed by atoms with van der Waals surface area (Å²) in [5, 5.41) is 20.9. The van der Waals surface area contributed by atoms with Gasteiger partial charge in [0.2, 0.25) is 0 Å². The minimum atomic E-state index is -0.856. The first-order chi connectivity index (χ1) is 10.3. The van der Waals surface area contributed by atoms with Crippen molar-refractivity contribution >= 4 is 0 Å². The molecule has 0 amide bonds. The van der Waals surface area contributed by atoms with Gasteiger partial charge in [-0.15, -0.1) is 0 Å². The van der Waals surface area contributed by atoms with Crippen LogP contribution in [0.1, 0.15) is 50.2 Å². The highest BCUT2D eigenvalue weighted by molar-refractivity contribution is 5.44. The van der Waals surface area contributed by atoms with E-state index in [4.69, 9.17) is 9.47 Å². The van der Waals surface area contributed by atoms with Crippen LogP contribution < -0.4 is 9.47 Å². The molecule has 0 spiro atoms. The molecule has 1 fully saturated rings. The Morgan fingerprint density at radius 3 is 2.38 bits per heavy atom. The molecule has 1 aromatic rings. The van der Waals surface area contributed by atoms with Crippen LogP contribution in [0.2, 0.25) is 0 Å². The van der Waals surface area contributed by atoms with Gasteiger partial charge in [0.25, 0.3) is 0 Å². The molecule has 2 N–H and O–H groups in total. The smallest absolute Gasteiger partial charge is 0.161 e. The van der Waals surface area contributed by atoms with Crippen molar-refractivity contribution in [2.24, 2.45) is 5.92 Å². The summed E-state index contributed by atoms with van der Waals surface area (Å²) < 4.78 is 11.2. The Kier molecular flexibility index (Phi) is 4.66. The molecule has 0 aromatic heterocycles. The highest BCUT2D eigenvalue weighted by atomic mass is 16.5. The number of hydrogen-bond acceptors (Lipinski definition) is 4. The molecule has 4 heteroatoms. The molecule has 1 aliphatic heterocycles. The number of rotatable bonds is 3. The summed E-state index contributed by atoms with van der Waals surface area (Å²) in [6.07, 6.45) is 4.84. The van der Waals surface area contributed by atoms with E-state index in [9.17, 15) is 10.2 Å². The van der Waals surface area contributed by atoms with Crippen molar-refractivity contribution in [3.05, 3.63) is 23.8 Å². The van der Waals surface area contributed by atoms with Crippen LogP contribution in [0.25, 0.3) is 0 Å². The zero-order valence-corrected chi connectivity index (χ0v) is 12.3. The second kappa shape index (κ2) is 6.67. The SMILES string of the molecule is OC(c1ccc2c(c1)OCCCO2)C(O)C1CCCCC1. The lowest BCUT2D eigenvalue weighted by atomic mass is 9.82. The third-order valence-corrected chi connectivity index (χ3v) is 4.57. The van der Waals surface area contributed by atoms with Crippen LogP contribution >= 0.6 is 0 Å². The van der Waals surface area contributed by atoms with Crippen molar-refractivity contribution < 1.29 is 19.7 Å². The predicted octanol–water partition coefficient (Wildman–Crippen LogP) is 2.82. The van der Waals surface area contributed by atoms with Crippen molar-refractivity contribution in [2.45, 2.75) is 50.7 Å². The molecular formula is C17H24O4. The van der Waals surface area contributed by atoms with Gasteiger partial charge in [0.15, 0.2) is 11.5 Å². The Morgan fingerprint density at radius 2 is 1.62 bits per heavy atom. The molecule has 2 unspecified atom stereocenters. The third kappa shape index (κ3) is 3.33. The number of aliphatic hydroxyl groups excluding tert-OH is 2. The predicted molar refractivity (Wildman–Crippen MR) is 79.6 cm³/mol. The van der Waals surface area contributed by atoms with Crippen LogP contribution in [0, 0.1) is 5.92 Å². The molecule has 0 saturated heterocycles. The third-order valence-electron chi connectivity index (χ3n) is 4.57. The second-order valence-corrected chi connectivity index (χ2v) is 6.09. The molecule has 116 valence electrons. The first-order valence-electron chi connectivity index (χ1n) is 8.01. The van der Waals surface area contributed by atoms with Crippen LogP contribution in [0.5, 0.6) is 11.5 Å². The summed E-state index contributed by atoms with van der Waals surface area (Å²) in [5.74, 6) is 1.58. The lowest BCUT2D eigenvalue weighted by Crippen LogP contribution is -2.29. The monoisotopic (exact) mass is 292 g/mol. The quantitative estimate of drug-likeness (QED) is 0.899. The number of aliphatic hydroxyl groups is 2. The van der Waals surface area contributed by atoms with Crippen molar-refractivity contribution in [1.82, 2.24) is 0 Å². The van der Waals surface area contributed by atoms with Crippen LogP contribution in [0.15, 0.2) is 18.2 Å². The fourth-order valence-corrected chi connectivity index (χ4v) is 3.29. The van der Waals surface area contributed by atoms with Gasteiger partial charge < -0.3 is 19.7 Å². The molecular weight excluding hydrogens is 268 g/mol. The Balaban J connectivity index is 1.74. The van der Waals surface area contributed by atoms with Gasteiger partial charge in [-0.3, -0.25) is 0 Å². The molecule has 21 heavy (non-hydrogen) atoms. The van der Waals surface area contributed by atoms with Crippen LogP contribution in [-0.4, -0.2) is 29.5 Å². The fourth-order valence-electron chi connectivity index (χ4n) is 3.29. The molecule has 1 heterocycles. The molecule has 2 atom stereocenters. The van der Waals surface area contributed by atoms with Crippen molar-refractivity contribution in [3.8, 4) is 11.5 Å². The summed E-state index contributed by atoms with van der Waals surface area (Å²) in [6.45, 7) is 1.28. The van der Waals surface area contributed by atoms with E-state index in [-0.39, 0.29) is 5.92 Å². The largest absolute Gasteiger partial charge is 0.490 e. The van der Waals surface area contributed by atoms with E-state index >= 15 is 0 Å². The average Bonchev–Trinajstić information content (AvgIpc) is 2.79. The van der Waals surface area contributed by atoms with Crippen LogP contribution in [0.3, 0.4) is 0 Å². The lowest BCUT2D eigenvalue weighted by Gasteiger charge is -2.30. The van der Waals surface area contributed by atoms with Gasteiger partial charge in [-0.1, -0.05) is 25.3 Å². The van der Waals surface area contributed by atoms with Gasteiger partial charge in [-0.25, -0.2) is 0 Å². The van der Waals surface area contributed by atoms with E-state index in [1.54, 1.807) is 6.07 Å². The maximum atomic E-state index is 10.5. The average molecular weight is 292 g/mol. The second-order valence-electron chi connectivity index (χ2n) is 6.09. The molecule has 0 bridgehead atoms. The Labute approximate surface area is 125 Å². The molecule has 0 radical (unpaired) electrons. The zero-order valence-electron chi connectivity index (χ0n) is 12.3. The minimum Gasteiger partial charge on any atom is -0.490 e. The van der Waals surface area contributed by atoms with E-state index in [0.717, 1.165) is 37.9 Å². The summed E-state index contributed by atoms with van der Waals surface area (Å²) in [7, 11) is 0. The van der Waals surface area contributed by atoms with Crippen molar-refractivity contribution in [1.29, 1.82) is 0 Å². The van der Waals surface area contributed by atoms with Crippen molar-refractivity contribution in [2.75, 3.05) is 13.2 Å². The molecule has 3 rings (SSSR count). The molecule has 1 aliphatic carbocycles. The highest BCUT2D eigenvalue weighted by Crippen LogP contribution is 2.36. The molecule has 1 saturated carbocycles. The van der Waals surface area contributed by atoms with E-state index < -0.39 is 12.2 Å². The van der Waals surface area contributed by atoms with Crippen LogP contribution in [0.4, 0.5) is 0 Å². The first kappa shape index (κ1) is 14.7. The minimum absolute atomic E-state index is 0.199. The van der Waals surface area contributed by atoms with E-state index in [0.29, 0.717) is 24.5 Å². The topological polar surface area (TPSA) is 58.9 Å². The highest BCUT2D eigenvalue weighted by Gasteiger charge is 2.29. The fraction of sp³-hybridized carbons (Fsp3) is 0.647. The van der Waals surface area contributed by atoms with Gasteiger partial charge in [0, 0.05) is 6.42 Å². The normalized spacial score (nSPS) is 22.4. The first-order valence-corrected chi connectivity index (χ1v) is 8.01. The lowest BCUT2D eigenvalue weighted by molar-refractivity contribution is -0.0286. The summed E-state index contributed by atoms with van der Waals surface area (Å²) >= 11 is 0. The van der Waals surface area contributed by atoms with Crippen molar-refractivity contribution in [3.63, 3.8) is 0 Å². The van der Waals surface area contributed by atoms with Gasteiger partial charge in [0.1, 0.15) is 6.10 Å². The maximum absolute atomic E-state index is 10.5. The standard InChI is InChI=1S/C17H24O4/c18-16(12-5-2-1-3-6-12)17(19)13-7-8-14-15(11-13)21-10-4-9-20-14/h7-8,11-12,16-19H,1-6,9-10H2. The van der Waals surface area contributed by atoms with Gasteiger partial charge in [0.05, 0.1) is 19.3 Å². The number of hydrogen-bond donors (Lipinski definition) is 2. The van der Waals surface area contributed by atoms with E-state index in [1.807, 2.05) is 12.1 Å². The van der Waals surface area contributed by atoms with Gasteiger partial charge in [-0.05, 0) is 36.5 Å². The Morgan fingerprint density at radius 1 is 0.905 bits per heavy atom. The van der Waals surface area contributed by atoms with Gasteiger partial charge >= 0.3 is 0 Å². The molecule has 1 aromatic carbocycles. The summed E-state index contributed by atoms with van der Waals surface area (Å²) in [5.41, 5.74) is 0.706. The summed E-state index contributed by atoms with van der Waals surface area (Å²) in [4.78, 5) is 0. The maximum Gasteiger partial charge on any atom is 0.161 e. The number of benzene rings is 1. The van der Waals surface area contributed by atoms with Gasteiger partial charge in [-0.2, -0.15) is 0 Å².